The van der Waals surface area contributed by atoms with Crippen LogP contribution >= 0.6 is 11.6 Å². The third kappa shape index (κ3) is 4.65. The minimum Gasteiger partial charge on any atom is -0.342 e. The van der Waals surface area contributed by atoms with Gasteiger partial charge in [-0.25, -0.2) is 4.68 Å². The molecule has 2 heterocycles. The number of nitriles is 1. The fourth-order valence-corrected chi connectivity index (χ4v) is 4.63. The summed E-state index contributed by atoms with van der Waals surface area (Å²) >= 11 is 6.03. The Hall–Kier alpha value is -4.80. The van der Waals surface area contributed by atoms with E-state index in [1.807, 2.05) is 91.1 Å². The van der Waals surface area contributed by atoms with Gasteiger partial charge in [0.25, 0.3) is 11.5 Å². The molecular weight excluding hydrogens is 498 g/mol. The lowest BCUT2D eigenvalue weighted by Crippen LogP contribution is -2.23. The fourth-order valence-electron chi connectivity index (χ4n) is 4.50. The van der Waals surface area contributed by atoms with Crippen LogP contribution in [0, 0.1) is 18.3 Å². The molecule has 5 aromatic rings. The number of halogens is 1. The molecule has 5 rings (SSSR count). The second kappa shape index (κ2) is 10.3. The average Bonchev–Trinajstić information content (AvgIpc) is 3.38. The molecule has 0 unspecified atom stereocenters. The SMILES string of the molecule is Cc1c(NC(=O)/C(C#N)=C/c2cn(Cc3ccc(Cl)cc3)c3ccccc23)c(=O)n(-c2ccccc2)n1C. The number of aromatic nitrogens is 3. The molecule has 0 aliphatic carbocycles. The number of anilines is 1. The molecule has 0 fully saturated rings. The highest BCUT2D eigenvalue weighted by molar-refractivity contribution is 6.30. The van der Waals surface area contributed by atoms with Gasteiger partial charge in [-0.15, -0.1) is 0 Å². The van der Waals surface area contributed by atoms with Gasteiger partial charge < -0.3 is 9.88 Å². The first-order chi connectivity index (χ1) is 18.4. The summed E-state index contributed by atoms with van der Waals surface area (Å²) in [6.07, 6.45) is 3.48. The first-order valence-corrected chi connectivity index (χ1v) is 12.3. The van der Waals surface area contributed by atoms with Crippen LogP contribution in [0.15, 0.2) is 95.4 Å². The number of benzene rings is 3. The summed E-state index contributed by atoms with van der Waals surface area (Å²) < 4.78 is 5.22. The highest BCUT2D eigenvalue weighted by atomic mass is 35.5. The van der Waals surface area contributed by atoms with Crippen LogP contribution in [0.4, 0.5) is 5.69 Å². The van der Waals surface area contributed by atoms with Crippen molar-refractivity contribution in [1.29, 1.82) is 5.26 Å². The topological polar surface area (TPSA) is 84.8 Å². The largest absolute Gasteiger partial charge is 0.342 e. The second-order valence-corrected chi connectivity index (χ2v) is 9.35. The van der Waals surface area contributed by atoms with Crippen molar-refractivity contribution in [3.05, 3.63) is 123 Å². The second-order valence-electron chi connectivity index (χ2n) is 8.92. The van der Waals surface area contributed by atoms with Gasteiger partial charge in [0.15, 0.2) is 0 Å². The predicted octanol–water partition coefficient (Wildman–Crippen LogP) is 5.69. The molecule has 38 heavy (non-hydrogen) atoms. The maximum atomic E-state index is 13.2. The van der Waals surface area contributed by atoms with E-state index in [9.17, 15) is 14.9 Å². The molecule has 2 aromatic heterocycles. The van der Waals surface area contributed by atoms with Gasteiger partial charge in [-0.2, -0.15) is 5.26 Å². The lowest BCUT2D eigenvalue weighted by atomic mass is 10.1. The zero-order valence-electron chi connectivity index (χ0n) is 20.9. The van der Waals surface area contributed by atoms with E-state index in [2.05, 4.69) is 9.88 Å². The molecule has 7 nitrogen and oxygen atoms in total. The number of fused-ring (bicyclic) bond motifs is 1. The summed E-state index contributed by atoms with van der Waals surface area (Å²) in [4.78, 5) is 26.4. The van der Waals surface area contributed by atoms with E-state index in [4.69, 9.17) is 11.6 Å². The first kappa shape index (κ1) is 24.9. The minimum atomic E-state index is -0.645. The van der Waals surface area contributed by atoms with E-state index in [0.29, 0.717) is 22.9 Å². The fraction of sp³-hybridized carbons (Fsp3) is 0.100. The molecular formula is C30H24ClN5O2. The molecule has 3 aromatic carbocycles. The van der Waals surface area contributed by atoms with Crippen molar-refractivity contribution >= 4 is 40.2 Å². The van der Waals surface area contributed by atoms with Crippen molar-refractivity contribution in [2.45, 2.75) is 13.5 Å². The van der Waals surface area contributed by atoms with Crippen molar-refractivity contribution in [3.8, 4) is 11.8 Å². The third-order valence-electron chi connectivity index (χ3n) is 6.54. The number of para-hydroxylation sites is 2. The van der Waals surface area contributed by atoms with E-state index in [0.717, 1.165) is 22.0 Å². The standard InChI is InChI=1S/C30H24ClN5O2/c1-20-28(30(38)36(34(20)2)25-8-4-3-5-9-25)33-29(37)22(17-32)16-23-19-35(27-11-7-6-10-26(23)27)18-21-12-14-24(31)15-13-21/h3-16,19H,18H2,1-2H3,(H,33,37)/b22-16+. The van der Waals surface area contributed by atoms with Crippen molar-refractivity contribution in [2.24, 2.45) is 7.05 Å². The number of carbonyl (C=O) groups excluding carboxylic acids is 1. The molecule has 8 heteroatoms. The molecule has 1 N–H and O–H groups in total. The van der Waals surface area contributed by atoms with Crippen LogP contribution in [0.1, 0.15) is 16.8 Å². The van der Waals surface area contributed by atoms with Crippen LogP contribution < -0.4 is 10.9 Å². The van der Waals surface area contributed by atoms with Crippen molar-refractivity contribution in [1.82, 2.24) is 13.9 Å². The minimum absolute atomic E-state index is 0.103. The molecule has 0 radical (unpaired) electrons. The van der Waals surface area contributed by atoms with Gasteiger partial charge in [0.2, 0.25) is 0 Å². The number of rotatable bonds is 6. The van der Waals surface area contributed by atoms with Crippen LogP contribution in [0.2, 0.25) is 5.02 Å². The Morgan fingerprint density at radius 2 is 1.71 bits per heavy atom. The monoisotopic (exact) mass is 521 g/mol. The van der Waals surface area contributed by atoms with Crippen LogP contribution in [0.3, 0.4) is 0 Å². The van der Waals surface area contributed by atoms with E-state index >= 15 is 0 Å². The highest BCUT2D eigenvalue weighted by Gasteiger charge is 2.20. The van der Waals surface area contributed by atoms with Crippen molar-refractivity contribution in [3.63, 3.8) is 0 Å². The lowest BCUT2D eigenvalue weighted by Gasteiger charge is -2.07. The Kier molecular flexibility index (Phi) is 6.73. The van der Waals surface area contributed by atoms with Gasteiger partial charge in [0.05, 0.1) is 11.4 Å². The Bertz CT molecular complexity index is 1780. The zero-order valence-corrected chi connectivity index (χ0v) is 21.6. The van der Waals surface area contributed by atoms with E-state index in [-0.39, 0.29) is 16.8 Å². The highest BCUT2D eigenvalue weighted by Crippen LogP contribution is 2.25. The number of nitrogens with zero attached hydrogens (tertiary/aromatic N) is 4. The molecule has 1 amide bonds. The summed E-state index contributed by atoms with van der Waals surface area (Å²) in [6.45, 7) is 2.35. The number of hydrogen-bond acceptors (Lipinski definition) is 3. The number of carbonyl (C=O) groups is 1. The molecule has 0 spiro atoms. The molecule has 0 aliphatic heterocycles. The normalized spacial score (nSPS) is 11.5. The average molecular weight is 522 g/mol. The predicted molar refractivity (Wildman–Crippen MR) is 150 cm³/mol. The number of nitrogens with one attached hydrogen (secondary N) is 1. The van der Waals surface area contributed by atoms with Crippen LogP contribution in [0.25, 0.3) is 22.7 Å². The molecule has 0 bridgehead atoms. The summed E-state index contributed by atoms with van der Waals surface area (Å²) in [6, 6.07) is 26.6. The van der Waals surface area contributed by atoms with Gasteiger partial charge >= 0.3 is 0 Å². The van der Waals surface area contributed by atoms with Crippen molar-refractivity contribution in [2.75, 3.05) is 5.32 Å². The van der Waals surface area contributed by atoms with Crippen LogP contribution in [-0.4, -0.2) is 19.8 Å². The first-order valence-electron chi connectivity index (χ1n) is 12.0. The van der Waals surface area contributed by atoms with E-state index < -0.39 is 5.91 Å². The molecule has 0 atom stereocenters. The Morgan fingerprint density at radius 1 is 1.03 bits per heavy atom. The van der Waals surface area contributed by atoms with Gasteiger partial charge in [0, 0.05) is 41.3 Å². The van der Waals surface area contributed by atoms with Gasteiger partial charge in [-0.1, -0.05) is 60.1 Å². The Morgan fingerprint density at radius 3 is 2.42 bits per heavy atom. The van der Waals surface area contributed by atoms with Gasteiger partial charge in [0.1, 0.15) is 17.3 Å². The zero-order chi connectivity index (χ0) is 26.8. The quantitative estimate of drug-likeness (QED) is 0.230. The summed E-state index contributed by atoms with van der Waals surface area (Å²) in [5, 5.41) is 14.1. The third-order valence-corrected chi connectivity index (χ3v) is 6.80. The lowest BCUT2D eigenvalue weighted by molar-refractivity contribution is -0.112. The smallest absolute Gasteiger partial charge is 0.295 e. The Labute approximate surface area is 224 Å². The van der Waals surface area contributed by atoms with Crippen LogP contribution in [-0.2, 0) is 18.4 Å². The van der Waals surface area contributed by atoms with Crippen LogP contribution in [0.5, 0.6) is 0 Å². The van der Waals surface area contributed by atoms with E-state index in [1.165, 1.54) is 4.68 Å². The summed E-state index contributed by atoms with van der Waals surface area (Å²) in [7, 11) is 1.75. The number of hydrogen-bond donors (Lipinski definition) is 1. The van der Waals surface area contributed by atoms with Gasteiger partial charge in [-0.05, 0) is 48.9 Å². The molecule has 0 saturated heterocycles. The molecule has 0 aliphatic rings. The van der Waals surface area contributed by atoms with E-state index in [1.54, 1.807) is 24.7 Å². The summed E-state index contributed by atoms with van der Waals surface area (Å²) in [5.41, 5.74) is 3.67. The van der Waals surface area contributed by atoms with Gasteiger partial charge in [-0.3, -0.25) is 14.3 Å². The van der Waals surface area contributed by atoms with Crippen molar-refractivity contribution < 1.29 is 4.79 Å². The molecule has 0 saturated carbocycles. The molecule has 188 valence electrons. The Balaban J connectivity index is 1.49. The maximum Gasteiger partial charge on any atom is 0.295 e. The number of amides is 1. The summed E-state index contributed by atoms with van der Waals surface area (Å²) in [5.74, 6) is -0.645. The maximum absolute atomic E-state index is 13.2.